The molecule has 4 nitrogen and oxygen atoms in total. The summed E-state index contributed by atoms with van der Waals surface area (Å²) in [4.78, 5) is 0. The fraction of sp³-hybridized carbons (Fsp3) is 1.00. The van der Waals surface area contributed by atoms with Crippen molar-refractivity contribution in [1.29, 1.82) is 0 Å². The van der Waals surface area contributed by atoms with E-state index in [1.54, 1.807) is 0 Å². The van der Waals surface area contributed by atoms with Gasteiger partial charge in [-0.05, 0) is 0 Å². The molecule has 2 rings (SSSR count). The lowest BCUT2D eigenvalue weighted by Gasteiger charge is -2.43. The number of morpholine rings is 1. The highest BCUT2D eigenvalue weighted by molar-refractivity contribution is 7.93. The first kappa shape index (κ1) is 10.2. The normalized spacial score (nSPS) is 30.3. The van der Waals surface area contributed by atoms with E-state index in [4.69, 9.17) is 4.74 Å². The zero-order valence-electron chi connectivity index (χ0n) is 6.58. The van der Waals surface area contributed by atoms with Crippen molar-refractivity contribution in [1.82, 2.24) is 5.32 Å². The molecule has 2 fully saturated rings. The summed E-state index contributed by atoms with van der Waals surface area (Å²) in [6.45, 7) is 2.16. The second-order valence-electron chi connectivity index (χ2n) is 3.24. The van der Waals surface area contributed by atoms with Crippen molar-refractivity contribution in [2.24, 2.45) is 0 Å². The van der Waals surface area contributed by atoms with Crippen molar-refractivity contribution in [3.63, 3.8) is 0 Å². The van der Waals surface area contributed by atoms with Gasteiger partial charge in [-0.3, -0.25) is 0 Å². The average molecular weight is 214 g/mol. The standard InChI is InChI=1S/C6H11NO3S.ClH/c8-11(9)4-6(5-11)3-7-1-2-10-6;/h7H,1-5H2;1H. The predicted molar refractivity (Wildman–Crippen MR) is 47.5 cm³/mol. The Hall–Kier alpha value is 0.160. The highest BCUT2D eigenvalue weighted by Crippen LogP contribution is 2.28. The molecule has 0 bridgehead atoms. The summed E-state index contributed by atoms with van der Waals surface area (Å²) in [5.41, 5.74) is -0.364. The SMILES string of the molecule is Cl.O=S1(=O)CC2(CNCCO2)C1. The van der Waals surface area contributed by atoms with E-state index in [-0.39, 0.29) is 29.5 Å². The van der Waals surface area contributed by atoms with Gasteiger partial charge in [0.2, 0.25) is 0 Å². The van der Waals surface area contributed by atoms with Gasteiger partial charge in [-0.2, -0.15) is 0 Å². The zero-order chi connectivity index (χ0) is 7.95. The van der Waals surface area contributed by atoms with Gasteiger partial charge in [0.1, 0.15) is 5.60 Å². The van der Waals surface area contributed by atoms with Gasteiger partial charge in [-0.25, -0.2) is 8.42 Å². The summed E-state index contributed by atoms with van der Waals surface area (Å²) in [7, 11) is -2.75. The van der Waals surface area contributed by atoms with Crippen LogP contribution >= 0.6 is 12.4 Å². The molecule has 12 heavy (non-hydrogen) atoms. The maximum atomic E-state index is 10.9. The van der Waals surface area contributed by atoms with Gasteiger partial charge in [0.25, 0.3) is 0 Å². The van der Waals surface area contributed by atoms with Crippen LogP contribution in [0.5, 0.6) is 0 Å². The van der Waals surface area contributed by atoms with Crippen LogP contribution < -0.4 is 5.32 Å². The van der Waals surface area contributed by atoms with E-state index in [1.165, 1.54) is 0 Å². The van der Waals surface area contributed by atoms with Crippen LogP contribution in [0.25, 0.3) is 0 Å². The van der Waals surface area contributed by atoms with E-state index in [0.717, 1.165) is 6.54 Å². The molecular formula is C6H12ClNO3S. The van der Waals surface area contributed by atoms with Crippen molar-refractivity contribution >= 4 is 22.2 Å². The lowest BCUT2D eigenvalue weighted by Crippen LogP contribution is -2.64. The van der Waals surface area contributed by atoms with Crippen molar-refractivity contribution in [3.05, 3.63) is 0 Å². The minimum atomic E-state index is -2.75. The number of hydrogen-bond acceptors (Lipinski definition) is 4. The van der Waals surface area contributed by atoms with Crippen molar-refractivity contribution in [3.8, 4) is 0 Å². The van der Waals surface area contributed by atoms with Crippen LogP contribution in [0.3, 0.4) is 0 Å². The van der Waals surface area contributed by atoms with Gasteiger partial charge in [-0.1, -0.05) is 0 Å². The first-order chi connectivity index (χ1) is 5.12. The zero-order valence-corrected chi connectivity index (χ0v) is 8.21. The Balaban J connectivity index is 0.000000720. The maximum absolute atomic E-state index is 10.9. The molecular weight excluding hydrogens is 202 g/mol. The molecule has 2 heterocycles. The van der Waals surface area contributed by atoms with Crippen LogP contribution in [-0.4, -0.2) is 45.2 Å². The van der Waals surface area contributed by atoms with E-state index in [2.05, 4.69) is 5.32 Å². The molecule has 0 aliphatic carbocycles. The predicted octanol–water partition coefficient (Wildman–Crippen LogP) is -0.805. The fourth-order valence-corrected chi connectivity index (χ4v) is 3.54. The monoisotopic (exact) mass is 213 g/mol. The molecule has 72 valence electrons. The van der Waals surface area contributed by atoms with Crippen molar-refractivity contribution in [2.75, 3.05) is 31.2 Å². The summed E-state index contributed by atoms with van der Waals surface area (Å²) in [6, 6.07) is 0. The van der Waals surface area contributed by atoms with Crippen molar-refractivity contribution < 1.29 is 13.2 Å². The maximum Gasteiger partial charge on any atom is 0.156 e. The summed E-state index contributed by atoms with van der Waals surface area (Å²) >= 11 is 0. The van der Waals surface area contributed by atoms with Gasteiger partial charge in [0.05, 0.1) is 18.1 Å². The quantitative estimate of drug-likeness (QED) is 0.572. The molecule has 0 aromatic rings. The third-order valence-electron chi connectivity index (χ3n) is 2.10. The largest absolute Gasteiger partial charge is 0.370 e. The van der Waals surface area contributed by atoms with Crippen LogP contribution in [0.2, 0.25) is 0 Å². The topological polar surface area (TPSA) is 55.4 Å². The number of nitrogens with one attached hydrogen (secondary N) is 1. The van der Waals surface area contributed by atoms with Gasteiger partial charge in [-0.15, -0.1) is 12.4 Å². The van der Waals surface area contributed by atoms with Crippen LogP contribution in [0.15, 0.2) is 0 Å². The molecule has 0 unspecified atom stereocenters. The van der Waals surface area contributed by atoms with Gasteiger partial charge < -0.3 is 10.1 Å². The third-order valence-corrected chi connectivity index (χ3v) is 4.03. The van der Waals surface area contributed by atoms with E-state index < -0.39 is 9.84 Å². The summed E-state index contributed by atoms with van der Waals surface area (Å²) in [6.07, 6.45) is 0. The van der Waals surface area contributed by atoms with Crippen LogP contribution in [-0.2, 0) is 14.6 Å². The van der Waals surface area contributed by atoms with Gasteiger partial charge in [0.15, 0.2) is 9.84 Å². The van der Waals surface area contributed by atoms with Crippen LogP contribution in [0, 0.1) is 0 Å². The smallest absolute Gasteiger partial charge is 0.156 e. The average Bonchev–Trinajstić information content (AvgIpc) is 1.85. The molecule has 0 aromatic carbocycles. The van der Waals surface area contributed by atoms with E-state index in [9.17, 15) is 8.42 Å². The van der Waals surface area contributed by atoms with Gasteiger partial charge >= 0.3 is 0 Å². The second-order valence-corrected chi connectivity index (χ2v) is 5.30. The third kappa shape index (κ3) is 1.74. The molecule has 0 aromatic heterocycles. The molecule has 2 aliphatic heterocycles. The molecule has 0 saturated carbocycles. The molecule has 6 heteroatoms. The minimum Gasteiger partial charge on any atom is -0.370 e. The molecule has 2 aliphatic rings. The van der Waals surface area contributed by atoms with Crippen LogP contribution in [0.4, 0.5) is 0 Å². The number of rotatable bonds is 0. The minimum absolute atomic E-state index is 0. The Morgan fingerprint density at radius 3 is 2.42 bits per heavy atom. The Morgan fingerprint density at radius 1 is 1.33 bits per heavy atom. The molecule has 0 radical (unpaired) electrons. The lowest BCUT2D eigenvalue weighted by atomic mass is 10.1. The molecule has 1 spiro atoms. The highest BCUT2D eigenvalue weighted by atomic mass is 35.5. The lowest BCUT2D eigenvalue weighted by molar-refractivity contribution is -0.0435. The number of hydrogen-bond donors (Lipinski definition) is 1. The Morgan fingerprint density at radius 2 is 2.00 bits per heavy atom. The number of halogens is 1. The Bertz CT molecular complexity index is 244. The van der Waals surface area contributed by atoms with E-state index in [0.29, 0.717) is 13.2 Å². The molecule has 0 atom stereocenters. The van der Waals surface area contributed by atoms with E-state index >= 15 is 0 Å². The van der Waals surface area contributed by atoms with Gasteiger partial charge in [0, 0.05) is 13.1 Å². The fourth-order valence-electron chi connectivity index (χ4n) is 1.65. The Labute approximate surface area is 78.0 Å². The van der Waals surface area contributed by atoms with Crippen molar-refractivity contribution in [2.45, 2.75) is 5.60 Å². The molecule has 0 amide bonds. The highest BCUT2D eigenvalue weighted by Gasteiger charge is 2.50. The first-order valence-corrected chi connectivity index (χ1v) is 5.49. The number of sulfone groups is 1. The first-order valence-electron chi connectivity index (χ1n) is 3.67. The second kappa shape index (κ2) is 3.14. The molecule has 2 saturated heterocycles. The Kier molecular flexibility index (Phi) is 2.68. The van der Waals surface area contributed by atoms with Crippen LogP contribution in [0.1, 0.15) is 0 Å². The van der Waals surface area contributed by atoms with E-state index in [1.807, 2.05) is 0 Å². The number of ether oxygens (including phenoxy) is 1. The summed E-state index contributed by atoms with van der Waals surface area (Å²) in [5, 5.41) is 3.13. The summed E-state index contributed by atoms with van der Waals surface area (Å²) in [5.74, 6) is 0.403. The molecule has 1 N–H and O–H groups in total. The summed E-state index contributed by atoms with van der Waals surface area (Å²) < 4.78 is 27.1.